The Balaban J connectivity index is 2.21. The number of aliphatic carboxylic acids is 1. The van der Waals surface area contributed by atoms with Gasteiger partial charge in [0, 0.05) is 6.54 Å². The maximum Gasteiger partial charge on any atom is 0.320 e. The fourth-order valence-electron chi connectivity index (χ4n) is 1.17. The maximum absolute atomic E-state index is 10.5. The van der Waals surface area contributed by atoms with Gasteiger partial charge in [-0.05, 0) is 26.0 Å². The van der Waals surface area contributed by atoms with Crippen LogP contribution >= 0.6 is 0 Å². The molecule has 0 saturated carbocycles. The van der Waals surface area contributed by atoms with E-state index in [-0.39, 0.29) is 0 Å². The van der Waals surface area contributed by atoms with Gasteiger partial charge in [-0.25, -0.2) is 0 Å². The second-order valence-electron chi connectivity index (χ2n) is 3.68. The summed E-state index contributed by atoms with van der Waals surface area (Å²) in [5, 5.41) is 11.5. The van der Waals surface area contributed by atoms with Gasteiger partial charge in [-0.15, -0.1) is 0 Å². The highest BCUT2D eigenvalue weighted by Crippen LogP contribution is 2.10. The molecular weight excluding hydrogens is 206 g/mol. The third kappa shape index (κ3) is 4.31. The normalized spacial score (nSPS) is 12.1. The first-order valence-electron chi connectivity index (χ1n) is 5.25. The summed E-state index contributed by atoms with van der Waals surface area (Å²) in [5.41, 5.74) is 1.19. The zero-order valence-corrected chi connectivity index (χ0v) is 9.56. The summed E-state index contributed by atoms with van der Waals surface area (Å²) in [5.74, 6) is -0.0503. The second kappa shape index (κ2) is 6.12. The SMILES string of the molecule is Cc1ccc(OCCN[C@@H](C)C(=O)O)cc1. The first-order valence-corrected chi connectivity index (χ1v) is 5.25. The third-order valence-electron chi connectivity index (χ3n) is 2.21. The van der Waals surface area contributed by atoms with E-state index in [1.165, 1.54) is 5.56 Å². The molecule has 2 N–H and O–H groups in total. The van der Waals surface area contributed by atoms with Crippen molar-refractivity contribution in [3.05, 3.63) is 29.8 Å². The number of aryl methyl sites for hydroxylation is 1. The van der Waals surface area contributed by atoms with E-state index in [0.29, 0.717) is 13.2 Å². The Kier molecular flexibility index (Phi) is 4.79. The van der Waals surface area contributed by atoms with Crippen molar-refractivity contribution in [3.8, 4) is 5.75 Å². The van der Waals surface area contributed by atoms with E-state index < -0.39 is 12.0 Å². The molecule has 0 aromatic heterocycles. The maximum atomic E-state index is 10.5. The largest absolute Gasteiger partial charge is 0.492 e. The van der Waals surface area contributed by atoms with Crippen molar-refractivity contribution < 1.29 is 14.6 Å². The van der Waals surface area contributed by atoms with Gasteiger partial charge in [0.15, 0.2) is 0 Å². The predicted molar refractivity (Wildman–Crippen MR) is 61.8 cm³/mol. The molecule has 0 saturated heterocycles. The van der Waals surface area contributed by atoms with Crippen LogP contribution in [0.4, 0.5) is 0 Å². The molecule has 16 heavy (non-hydrogen) atoms. The number of benzene rings is 1. The quantitative estimate of drug-likeness (QED) is 0.716. The highest BCUT2D eigenvalue weighted by atomic mass is 16.5. The number of carboxylic acid groups (broad SMARTS) is 1. The molecule has 0 aliphatic heterocycles. The fraction of sp³-hybridized carbons (Fsp3) is 0.417. The van der Waals surface area contributed by atoms with Crippen molar-refractivity contribution in [1.29, 1.82) is 0 Å². The van der Waals surface area contributed by atoms with Crippen LogP contribution in [0.5, 0.6) is 5.75 Å². The monoisotopic (exact) mass is 223 g/mol. The zero-order valence-electron chi connectivity index (χ0n) is 9.56. The summed E-state index contributed by atoms with van der Waals surface area (Å²) in [6, 6.07) is 7.21. The van der Waals surface area contributed by atoms with Gasteiger partial charge in [0.1, 0.15) is 18.4 Å². The topological polar surface area (TPSA) is 58.6 Å². The Bertz CT molecular complexity index is 335. The zero-order chi connectivity index (χ0) is 12.0. The molecule has 0 heterocycles. The molecule has 0 radical (unpaired) electrons. The van der Waals surface area contributed by atoms with Crippen molar-refractivity contribution in [3.63, 3.8) is 0 Å². The van der Waals surface area contributed by atoms with E-state index in [0.717, 1.165) is 5.75 Å². The molecule has 4 heteroatoms. The summed E-state index contributed by atoms with van der Waals surface area (Å²) in [7, 11) is 0. The molecular formula is C12H17NO3. The number of hydrogen-bond donors (Lipinski definition) is 2. The molecule has 1 aromatic carbocycles. The van der Waals surface area contributed by atoms with Crippen LogP contribution in [-0.4, -0.2) is 30.3 Å². The number of rotatable bonds is 6. The number of hydrogen-bond acceptors (Lipinski definition) is 3. The lowest BCUT2D eigenvalue weighted by atomic mass is 10.2. The van der Waals surface area contributed by atoms with Crippen molar-refractivity contribution >= 4 is 5.97 Å². The minimum atomic E-state index is -0.852. The molecule has 4 nitrogen and oxygen atoms in total. The van der Waals surface area contributed by atoms with Crippen LogP contribution in [0.3, 0.4) is 0 Å². The molecule has 1 atom stereocenters. The van der Waals surface area contributed by atoms with E-state index in [4.69, 9.17) is 9.84 Å². The van der Waals surface area contributed by atoms with Gasteiger partial charge in [-0.2, -0.15) is 0 Å². The van der Waals surface area contributed by atoms with Gasteiger partial charge in [0.2, 0.25) is 0 Å². The Morgan fingerprint density at radius 2 is 2.06 bits per heavy atom. The molecule has 0 aliphatic carbocycles. The molecule has 0 spiro atoms. The van der Waals surface area contributed by atoms with Gasteiger partial charge in [0.05, 0.1) is 0 Å². The summed E-state index contributed by atoms with van der Waals surface area (Å²) in [6.07, 6.45) is 0. The van der Waals surface area contributed by atoms with Crippen molar-refractivity contribution in [2.24, 2.45) is 0 Å². The highest BCUT2D eigenvalue weighted by Gasteiger charge is 2.08. The Morgan fingerprint density at radius 1 is 1.44 bits per heavy atom. The van der Waals surface area contributed by atoms with E-state index in [1.54, 1.807) is 6.92 Å². The van der Waals surface area contributed by atoms with Crippen molar-refractivity contribution in [2.75, 3.05) is 13.2 Å². The lowest BCUT2D eigenvalue weighted by Gasteiger charge is -2.10. The van der Waals surface area contributed by atoms with Gasteiger partial charge >= 0.3 is 5.97 Å². The molecule has 88 valence electrons. The van der Waals surface area contributed by atoms with Gasteiger partial charge in [-0.3, -0.25) is 4.79 Å². The molecule has 1 aromatic rings. The molecule has 0 aliphatic rings. The standard InChI is InChI=1S/C12H17NO3/c1-9-3-5-11(6-4-9)16-8-7-13-10(2)12(14)15/h3-6,10,13H,7-8H2,1-2H3,(H,14,15)/t10-/m0/s1. The minimum Gasteiger partial charge on any atom is -0.492 e. The molecule has 0 bridgehead atoms. The minimum absolute atomic E-state index is 0.459. The number of carboxylic acids is 1. The number of nitrogens with one attached hydrogen (secondary N) is 1. The highest BCUT2D eigenvalue weighted by molar-refractivity contribution is 5.72. The molecule has 0 amide bonds. The van der Waals surface area contributed by atoms with Crippen LogP contribution < -0.4 is 10.1 Å². The van der Waals surface area contributed by atoms with Crippen molar-refractivity contribution in [2.45, 2.75) is 19.9 Å². The first-order chi connectivity index (χ1) is 7.59. The molecule has 0 unspecified atom stereocenters. The number of ether oxygens (including phenoxy) is 1. The van der Waals surface area contributed by atoms with Crippen LogP contribution in [-0.2, 0) is 4.79 Å². The average molecular weight is 223 g/mol. The molecule has 1 rings (SSSR count). The van der Waals surface area contributed by atoms with Gasteiger partial charge in [0.25, 0.3) is 0 Å². The van der Waals surface area contributed by atoms with E-state index in [1.807, 2.05) is 31.2 Å². The Labute approximate surface area is 95.2 Å². The van der Waals surface area contributed by atoms with Gasteiger partial charge in [-0.1, -0.05) is 17.7 Å². The van der Waals surface area contributed by atoms with E-state index >= 15 is 0 Å². The Morgan fingerprint density at radius 3 is 2.62 bits per heavy atom. The smallest absolute Gasteiger partial charge is 0.320 e. The van der Waals surface area contributed by atoms with E-state index in [9.17, 15) is 4.79 Å². The van der Waals surface area contributed by atoms with Crippen molar-refractivity contribution in [1.82, 2.24) is 5.32 Å². The van der Waals surface area contributed by atoms with Crippen LogP contribution in [0.15, 0.2) is 24.3 Å². The summed E-state index contributed by atoms with van der Waals surface area (Å²) in [4.78, 5) is 10.5. The van der Waals surface area contributed by atoms with Crippen LogP contribution in [0, 0.1) is 6.92 Å². The fourth-order valence-corrected chi connectivity index (χ4v) is 1.17. The van der Waals surface area contributed by atoms with Crippen LogP contribution in [0.1, 0.15) is 12.5 Å². The summed E-state index contributed by atoms with van der Waals surface area (Å²) < 4.78 is 5.44. The second-order valence-corrected chi connectivity index (χ2v) is 3.68. The lowest BCUT2D eigenvalue weighted by molar-refractivity contribution is -0.139. The van der Waals surface area contributed by atoms with Crippen LogP contribution in [0.25, 0.3) is 0 Å². The third-order valence-corrected chi connectivity index (χ3v) is 2.21. The number of carbonyl (C=O) groups is 1. The lowest BCUT2D eigenvalue weighted by Crippen LogP contribution is -2.36. The van der Waals surface area contributed by atoms with Crippen LogP contribution in [0.2, 0.25) is 0 Å². The Hall–Kier alpha value is -1.55. The first kappa shape index (κ1) is 12.5. The summed E-state index contributed by atoms with van der Waals surface area (Å²) >= 11 is 0. The predicted octanol–water partition coefficient (Wildman–Crippen LogP) is 1.44. The van der Waals surface area contributed by atoms with E-state index in [2.05, 4.69) is 5.32 Å². The summed E-state index contributed by atoms with van der Waals surface area (Å²) in [6.45, 7) is 4.59. The average Bonchev–Trinajstić information content (AvgIpc) is 2.26. The molecule has 0 fully saturated rings. The van der Waals surface area contributed by atoms with Gasteiger partial charge < -0.3 is 15.2 Å².